The molecule has 1 aromatic heterocycles. The Morgan fingerprint density at radius 1 is 1.27 bits per heavy atom. The zero-order valence-electron chi connectivity index (χ0n) is 17.7. The number of nitrogens with zero attached hydrogens (tertiary/aromatic N) is 2. The van der Waals surface area contributed by atoms with Crippen molar-refractivity contribution in [1.29, 1.82) is 0 Å². The maximum absolute atomic E-state index is 12.8. The van der Waals surface area contributed by atoms with Gasteiger partial charge in [-0.1, -0.05) is 6.08 Å². The Kier molecular flexibility index (Phi) is 6.79. The molecule has 0 radical (unpaired) electrons. The molecule has 0 fully saturated rings. The average molecular weight is 413 g/mol. The highest BCUT2D eigenvalue weighted by molar-refractivity contribution is 5.93. The highest BCUT2D eigenvalue weighted by Crippen LogP contribution is 2.27. The van der Waals surface area contributed by atoms with Crippen molar-refractivity contribution in [3.8, 4) is 5.75 Å². The molecule has 0 saturated carbocycles. The third-order valence-electron chi connectivity index (χ3n) is 4.73. The highest BCUT2D eigenvalue weighted by atomic mass is 16.7. The number of hydrogen-bond acceptors (Lipinski definition) is 7. The van der Waals surface area contributed by atoms with Gasteiger partial charge in [-0.3, -0.25) is 4.57 Å². The van der Waals surface area contributed by atoms with Gasteiger partial charge in [-0.2, -0.15) is 0 Å². The summed E-state index contributed by atoms with van der Waals surface area (Å²) in [6.45, 7) is 2.35. The van der Waals surface area contributed by atoms with Gasteiger partial charge in [0, 0.05) is 37.7 Å². The Bertz CT molecular complexity index is 990. The van der Waals surface area contributed by atoms with Crippen molar-refractivity contribution in [2.45, 2.75) is 26.1 Å². The summed E-state index contributed by atoms with van der Waals surface area (Å²) in [5, 5.41) is 3.76. The van der Waals surface area contributed by atoms with E-state index in [4.69, 9.17) is 14.2 Å². The molecule has 8 nitrogen and oxygen atoms in total. The van der Waals surface area contributed by atoms with Crippen molar-refractivity contribution in [2.24, 2.45) is 0 Å². The molecule has 0 aliphatic carbocycles. The van der Waals surface area contributed by atoms with Crippen LogP contribution in [-0.4, -0.2) is 55.6 Å². The summed E-state index contributed by atoms with van der Waals surface area (Å²) in [5.74, 6) is 0.186. The summed E-state index contributed by atoms with van der Waals surface area (Å²) in [5.41, 5.74) is 2.17. The normalized spacial score (nSPS) is 14.2. The largest absolute Gasteiger partial charge is 0.497 e. The van der Waals surface area contributed by atoms with Gasteiger partial charge in [0.15, 0.2) is 0 Å². The number of hydrogen-bond donors (Lipinski definition) is 1. The van der Waals surface area contributed by atoms with E-state index >= 15 is 0 Å². The summed E-state index contributed by atoms with van der Waals surface area (Å²) in [6, 6.07) is 5.51. The number of rotatable bonds is 7. The van der Waals surface area contributed by atoms with Gasteiger partial charge in [0.05, 0.1) is 18.2 Å². The fraction of sp³-hybridized carbons (Fsp3) is 0.364. The van der Waals surface area contributed by atoms with Crippen molar-refractivity contribution in [2.75, 3.05) is 27.7 Å². The zero-order valence-corrected chi connectivity index (χ0v) is 17.7. The van der Waals surface area contributed by atoms with E-state index in [1.165, 1.54) is 11.5 Å². The lowest BCUT2D eigenvalue weighted by molar-refractivity contribution is -0.160. The minimum atomic E-state index is -1.03. The number of carbonyl (C=O) groups excluding carboxylic acids is 2. The number of nitrogens with one attached hydrogen (secondary N) is 1. The predicted molar refractivity (Wildman–Crippen MR) is 113 cm³/mol. The van der Waals surface area contributed by atoms with Gasteiger partial charge in [0.25, 0.3) is 0 Å². The lowest BCUT2D eigenvalue weighted by Gasteiger charge is -2.16. The summed E-state index contributed by atoms with van der Waals surface area (Å²) in [4.78, 5) is 27.1. The molecule has 1 unspecified atom stereocenters. The van der Waals surface area contributed by atoms with Crippen LogP contribution in [0.15, 0.2) is 48.4 Å². The topological polar surface area (TPSA) is 82.0 Å². The van der Waals surface area contributed by atoms with E-state index in [-0.39, 0.29) is 0 Å². The number of aromatic nitrogens is 1. The monoisotopic (exact) mass is 413 g/mol. The van der Waals surface area contributed by atoms with Crippen LogP contribution in [0, 0.1) is 0 Å². The molecule has 0 bridgehead atoms. The Balaban J connectivity index is 1.76. The molecule has 30 heavy (non-hydrogen) atoms. The first-order valence-corrected chi connectivity index (χ1v) is 9.74. The van der Waals surface area contributed by atoms with E-state index in [1.54, 1.807) is 31.8 Å². The van der Waals surface area contributed by atoms with Gasteiger partial charge in [0.2, 0.25) is 6.29 Å². The number of fused-ring (bicyclic) bond motifs is 1. The molecule has 1 aromatic carbocycles. The third kappa shape index (κ3) is 5.01. The number of carbonyl (C=O) groups is 2. The predicted octanol–water partition coefficient (Wildman–Crippen LogP) is 3.02. The molecule has 2 aromatic rings. The van der Waals surface area contributed by atoms with Crippen LogP contribution in [-0.2, 0) is 20.7 Å². The summed E-state index contributed by atoms with van der Waals surface area (Å²) in [7, 11) is 5.60. The van der Waals surface area contributed by atoms with Crippen LogP contribution in [0.5, 0.6) is 5.75 Å². The smallest absolute Gasteiger partial charge is 0.421 e. The van der Waals surface area contributed by atoms with E-state index in [0.29, 0.717) is 23.3 Å². The Morgan fingerprint density at radius 3 is 2.73 bits per heavy atom. The van der Waals surface area contributed by atoms with Crippen LogP contribution in [0.1, 0.15) is 18.9 Å². The standard InChI is InChI=1S/C22H27N3O5/c1-15(29-21(26)16-6-5-10-23-13-16)30-22(27)25-14-17(9-11-24(2)3)19-12-18(28-4)7-8-20(19)25/h5,7-8,10,12-15,23H,6,9,11H2,1-4H3. The van der Waals surface area contributed by atoms with Crippen LogP contribution in [0.3, 0.4) is 0 Å². The molecule has 160 valence electrons. The average Bonchev–Trinajstić information content (AvgIpc) is 3.10. The number of allylic oxidation sites excluding steroid dienone is 1. The van der Waals surface area contributed by atoms with Crippen LogP contribution < -0.4 is 10.1 Å². The summed E-state index contributed by atoms with van der Waals surface area (Å²) >= 11 is 0. The fourth-order valence-electron chi connectivity index (χ4n) is 3.15. The fourth-order valence-corrected chi connectivity index (χ4v) is 3.15. The van der Waals surface area contributed by atoms with Gasteiger partial charge in [-0.05, 0) is 50.5 Å². The lowest BCUT2D eigenvalue weighted by Crippen LogP contribution is -2.25. The second kappa shape index (κ2) is 9.49. The SMILES string of the molecule is COc1ccc2c(c1)c(CCN(C)C)cn2C(=O)OC(C)OC(=O)C1=CNC=CC1. The molecular formula is C22H27N3O5. The Labute approximate surface area is 175 Å². The number of methoxy groups -OCH3 is 1. The minimum Gasteiger partial charge on any atom is -0.497 e. The molecule has 0 spiro atoms. The molecule has 1 aliphatic heterocycles. The van der Waals surface area contributed by atoms with Crippen molar-refractivity contribution in [3.63, 3.8) is 0 Å². The molecule has 2 heterocycles. The summed E-state index contributed by atoms with van der Waals surface area (Å²) in [6.07, 6.45) is 6.46. The maximum Gasteiger partial charge on any atom is 0.421 e. The Morgan fingerprint density at radius 2 is 2.07 bits per heavy atom. The molecule has 1 atom stereocenters. The summed E-state index contributed by atoms with van der Waals surface area (Å²) < 4.78 is 17.4. The highest BCUT2D eigenvalue weighted by Gasteiger charge is 2.21. The first-order chi connectivity index (χ1) is 14.4. The van der Waals surface area contributed by atoms with Crippen LogP contribution >= 0.6 is 0 Å². The van der Waals surface area contributed by atoms with E-state index in [2.05, 4.69) is 10.2 Å². The van der Waals surface area contributed by atoms with Gasteiger partial charge in [-0.15, -0.1) is 0 Å². The van der Waals surface area contributed by atoms with Crippen molar-refractivity contribution in [1.82, 2.24) is 14.8 Å². The number of dihydropyridines is 1. The van der Waals surface area contributed by atoms with E-state index in [9.17, 15) is 9.59 Å². The van der Waals surface area contributed by atoms with Gasteiger partial charge in [-0.25, -0.2) is 9.59 Å². The van der Waals surface area contributed by atoms with Gasteiger partial charge >= 0.3 is 12.1 Å². The Hall–Kier alpha value is -3.26. The van der Waals surface area contributed by atoms with Crippen LogP contribution in [0.2, 0.25) is 0 Å². The van der Waals surface area contributed by atoms with E-state index < -0.39 is 18.4 Å². The number of esters is 1. The molecular weight excluding hydrogens is 386 g/mol. The van der Waals surface area contributed by atoms with Crippen LogP contribution in [0.25, 0.3) is 10.9 Å². The second-order valence-corrected chi connectivity index (χ2v) is 7.26. The molecule has 1 N–H and O–H groups in total. The first-order valence-electron chi connectivity index (χ1n) is 9.74. The molecule has 3 rings (SSSR count). The van der Waals surface area contributed by atoms with Gasteiger partial charge < -0.3 is 24.4 Å². The minimum absolute atomic E-state index is 0.463. The van der Waals surface area contributed by atoms with E-state index in [0.717, 1.165) is 23.9 Å². The molecule has 0 amide bonds. The van der Waals surface area contributed by atoms with Crippen LogP contribution in [0.4, 0.5) is 4.79 Å². The number of likely N-dealkylation sites (N-methyl/N-ethyl adjacent to an activating group) is 1. The van der Waals surface area contributed by atoms with Crippen molar-refractivity contribution >= 4 is 23.0 Å². The molecule has 8 heteroatoms. The van der Waals surface area contributed by atoms with E-state index in [1.807, 2.05) is 32.3 Å². The molecule has 0 saturated heterocycles. The van der Waals surface area contributed by atoms with Gasteiger partial charge in [0.1, 0.15) is 5.75 Å². The van der Waals surface area contributed by atoms with Crippen molar-refractivity contribution in [3.05, 3.63) is 54.0 Å². The maximum atomic E-state index is 12.8. The zero-order chi connectivity index (χ0) is 21.7. The van der Waals surface area contributed by atoms with Crippen molar-refractivity contribution < 1.29 is 23.8 Å². The lowest BCUT2D eigenvalue weighted by atomic mass is 10.1. The number of ether oxygens (including phenoxy) is 3. The number of benzene rings is 1. The molecule has 1 aliphatic rings. The second-order valence-electron chi connectivity index (χ2n) is 7.26. The third-order valence-corrected chi connectivity index (χ3v) is 4.73. The quantitative estimate of drug-likeness (QED) is 0.552. The first kappa shape index (κ1) is 21.4.